The third kappa shape index (κ3) is 4.32. The summed E-state index contributed by atoms with van der Waals surface area (Å²) < 4.78 is 48.7. The lowest BCUT2D eigenvalue weighted by molar-refractivity contribution is 0.539. The second-order valence-corrected chi connectivity index (χ2v) is 9.91. The van der Waals surface area contributed by atoms with E-state index in [2.05, 4.69) is 23.3 Å². The van der Waals surface area contributed by atoms with Gasteiger partial charge in [0.1, 0.15) is 29.0 Å². The molecular formula is C34H15F3N6S. The van der Waals surface area contributed by atoms with Crippen molar-refractivity contribution in [2.24, 2.45) is 4.40 Å². The van der Waals surface area contributed by atoms with Crippen molar-refractivity contribution in [2.45, 2.75) is 0 Å². The van der Waals surface area contributed by atoms with E-state index in [1.165, 1.54) is 24.3 Å². The van der Waals surface area contributed by atoms with Gasteiger partial charge in [-0.05, 0) is 48.2 Å². The third-order valence-corrected chi connectivity index (χ3v) is 7.55. The molecule has 1 heterocycles. The lowest BCUT2D eigenvalue weighted by Crippen LogP contribution is -2.22. The van der Waals surface area contributed by atoms with Gasteiger partial charge < -0.3 is 0 Å². The maximum absolute atomic E-state index is 15.1. The minimum Gasteiger partial charge on any atom is -0.298 e. The highest BCUT2D eigenvalue weighted by Crippen LogP contribution is 2.39. The first-order valence-corrected chi connectivity index (χ1v) is 13.3. The number of benzene rings is 4. The normalized spacial score (nSPS) is 13.2. The first-order valence-electron chi connectivity index (χ1n) is 12.9. The van der Waals surface area contributed by atoms with Crippen LogP contribution >= 0.6 is 12.8 Å². The van der Waals surface area contributed by atoms with Gasteiger partial charge in [0.25, 0.3) is 0 Å². The molecule has 1 N–H and O–H groups in total. The number of hydrogen-bond donors (Lipinski definition) is 2. The Bertz CT molecular complexity index is 2230. The Morgan fingerprint density at radius 1 is 0.727 bits per heavy atom. The first-order chi connectivity index (χ1) is 21.3. The van der Waals surface area contributed by atoms with E-state index < -0.39 is 34.1 Å². The molecule has 0 saturated heterocycles. The van der Waals surface area contributed by atoms with Gasteiger partial charge in [0.05, 0.1) is 34.1 Å². The Morgan fingerprint density at radius 2 is 1.39 bits per heavy atom. The van der Waals surface area contributed by atoms with Gasteiger partial charge >= 0.3 is 0 Å². The summed E-state index contributed by atoms with van der Waals surface area (Å²) in [6.45, 7) is 0. The average molecular weight is 597 g/mol. The van der Waals surface area contributed by atoms with Crippen molar-refractivity contribution in [3.05, 3.63) is 124 Å². The molecule has 0 unspecified atom stereocenters. The lowest BCUT2D eigenvalue weighted by Gasteiger charge is -2.23. The highest BCUT2D eigenvalue weighted by Gasteiger charge is 2.29. The summed E-state index contributed by atoms with van der Waals surface area (Å²) in [7, 11) is 0. The quantitative estimate of drug-likeness (QED) is 0.206. The Hall–Kier alpha value is -6.02. The van der Waals surface area contributed by atoms with E-state index in [9.17, 15) is 20.2 Å². The van der Waals surface area contributed by atoms with Crippen molar-refractivity contribution in [2.75, 3.05) is 0 Å². The van der Waals surface area contributed by atoms with Crippen LogP contribution in [-0.4, -0.2) is 16.4 Å². The summed E-state index contributed by atoms with van der Waals surface area (Å²) >= 11 is 4.16. The van der Waals surface area contributed by atoms with Gasteiger partial charge in [0.2, 0.25) is 0 Å². The SMILES string of the molecule is N#Cc1cccc(C2=Cc3c(-c4ccc(-c5c(F)c(C#N)c(F)c(C#N)c5F)cc4)nc4ccccc4c3C(=N)C2=NS)c1. The predicted octanol–water partition coefficient (Wildman–Crippen LogP) is 7.81. The van der Waals surface area contributed by atoms with E-state index in [-0.39, 0.29) is 11.3 Å². The van der Waals surface area contributed by atoms with Crippen LogP contribution in [-0.2, 0) is 0 Å². The highest BCUT2D eigenvalue weighted by molar-refractivity contribution is 7.79. The molecule has 4 aromatic carbocycles. The molecule has 44 heavy (non-hydrogen) atoms. The number of nitriles is 3. The summed E-state index contributed by atoms with van der Waals surface area (Å²) in [6, 6.07) is 24.9. The molecule has 0 amide bonds. The molecule has 0 fully saturated rings. The van der Waals surface area contributed by atoms with E-state index in [0.717, 1.165) is 0 Å². The summed E-state index contributed by atoms with van der Waals surface area (Å²) in [5.74, 6) is -4.36. The van der Waals surface area contributed by atoms with Crippen molar-refractivity contribution in [1.29, 1.82) is 21.2 Å². The number of rotatable bonds is 3. The Labute approximate surface area is 254 Å². The number of para-hydroxylation sites is 1. The van der Waals surface area contributed by atoms with Crippen molar-refractivity contribution < 1.29 is 13.2 Å². The van der Waals surface area contributed by atoms with Crippen molar-refractivity contribution in [3.63, 3.8) is 0 Å². The monoisotopic (exact) mass is 596 g/mol. The maximum Gasteiger partial charge on any atom is 0.164 e. The molecule has 0 radical (unpaired) electrons. The minimum atomic E-state index is -1.55. The number of halogens is 3. The van der Waals surface area contributed by atoms with E-state index >= 15 is 8.78 Å². The van der Waals surface area contributed by atoms with Gasteiger partial charge in [-0.25, -0.2) is 22.6 Å². The van der Waals surface area contributed by atoms with Gasteiger partial charge in [0, 0.05) is 27.6 Å². The molecule has 208 valence electrons. The fourth-order valence-corrected chi connectivity index (χ4v) is 5.52. The van der Waals surface area contributed by atoms with Gasteiger partial charge in [0.15, 0.2) is 17.5 Å². The van der Waals surface area contributed by atoms with Crippen LogP contribution < -0.4 is 0 Å². The van der Waals surface area contributed by atoms with Crippen LogP contribution in [0.15, 0.2) is 77.2 Å². The molecule has 0 saturated carbocycles. The zero-order valence-corrected chi connectivity index (χ0v) is 23.2. The molecule has 10 heteroatoms. The maximum atomic E-state index is 15.1. The van der Waals surface area contributed by atoms with Crippen LogP contribution in [0.25, 0.3) is 44.9 Å². The largest absolute Gasteiger partial charge is 0.298 e. The fraction of sp³-hybridized carbons (Fsp3) is 0. The second-order valence-electron chi connectivity index (χ2n) is 9.71. The van der Waals surface area contributed by atoms with Crippen LogP contribution in [0.1, 0.15) is 33.4 Å². The molecule has 6 nitrogen and oxygen atoms in total. The number of nitrogens with one attached hydrogen (secondary N) is 1. The molecular weight excluding hydrogens is 581 g/mol. The number of hydrogen-bond acceptors (Lipinski definition) is 7. The van der Waals surface area contributed by atoms with Crippen LogP contribution in [0, 0.1) is 56.9 Å². The Kier molecular flexibility index (Phi) is 7.03. The zero-order valence-electron chi connectivity index (χ0n) is 22.3. The van der Waals surface area contributed by atoms with Crippen molar-refractivity contribution >= 4 is 46.8 Å². The first kappa shape index (κ1) is 28.1. The summed E-state index contributed by atoms with van der Waals surface area (Å²) in [5, 5.41) is 37.8. The Balaban J connectivity index is 1.60. The second kappa shape index (κ2) is 11.0. The standard InChI is InChI=1S/C34H15F3N6S/c35-29-24(15-39)30(36)27(31(37)25(29)16-40)18-8-10-19(11-9-18)33-23-13-22(20-5-3-4-17(12-20)14-38)34(43-44)32(41)28(23)21-6-1-2-7-26(21)42-33/h1-13,41,44H. The average Bonchev–Trinajstić information content (AvgIpc) is 3.05. The van der Waals surface area contributed by atoms with E-state index in [4.69, 9.17) is 10.4 Å². The molecule has 0 spiro atoms. The summed E-state index contributed by atoms with van der Waals surface area (Å²) in [4.78, 5) is 4.87. The number of nitrogens with zero attached hydrogens (tertiary/aromatic N) is 5. The molecule has 1 aromatic heterocycles. The molecule has 0 aliphatic heterocycles. The number of allylic oxidation sites excluding steroid dienone is 1. The van der Waals surface area contributed by atoms with Gasteiger partial charge in [-0.2, -0.15) is 15.8 Å². The number of aromatic nitrogens is 1. The van der Waals surface area contributed by atoms with Gasteiger partial charge in [-0.3, -0.25) is 5.41 Å². The third-order valence-electron chi connectivity index (χ3n) is 7.35. The smallest absolute Gasteiger partial charge is 0.164 e. The van der Waals surface area contributed by atoms with Crippen LogP contribution in [0.2, 0.25) is 0 Å². The topological polar surface area (TPSA) is 120 Å². The summed E-state index contributed by atoms with van der Waals surface area (Å²) in [6.07, 6.45) is 1.82. The van der Waals surface area contributed by atoms with Crippen LogP contribution in [0.3, 0.4) is 0 Å². The molecule has 0 bridgehead atoms. The van der Waals surface area contributed by atoms with Gasteiger partial charge in [-0.1, -0.05) is 54.6 Å². The van der Waals surface area contributed by atoms with E-state index in [1.54, 1.807) is 42.5 Å². The summed E-state index contributed by atoms with van der Waals surface area (Å²) in [5.41, 5.74) is 1.90. The fourth-order valence-electron chi connectivity index (χ4n) is 5.31. The molecule has 5 aromatic rings. The predicted molar refractivity (Wildman–Crippen MR) is 164 cm³/mol. The van der Waals surface area contributed by atoms with Crippen LogP contribution in [0.4, 0.5) is 13.2 Å². The number of thiol groups is 1. The van der Waals surface area contributed by atoms with Crippen molar-refractivity contribution in [3.8, 4) is 40.6 Å². The molecule has 1 aliphatic rings. The molecule has 6 rings (SSSR count). The van der Waals surface area contributed by atoms with Gasteiger partial charge in [-0.15, -0.1) is 0 Å². The highest BCUT2D eigenvalue weighted by atomic mass is 32.1. The Morgan fingerprint density at radius 3 is 2.02 bits per heavy atom. The van der Waals surface area contributed by atoms with E-state index in [0.29, 0.717) is 55.7 Å². The molecule has 0 atom stereocenters. The van der Waals surface area contributed by atoms with Crippen molar-refractivity contribution in [1.82, 2.24) is 4.98 Å². The lowest BCUT2D eigenvalue weighted by atomic mass is 9.82. The number of fused-ring (bicyclic) bond motifs is 3. The zero-order chi connectivity index (χ0) is 31.1. The molecule has 1 aliphatic carbocycles. The minimum absolute atomic E-state index is 0.0202. The number of pyridine rings is 1. The van der Waals surface area contributed by atoms with E-state index in [1.807, 2.05) is 24.3 Å². The van der Waals surface area contributed by atoms with Crippen LogP contribution in [0.5, 0.6) is 0 Å².